The molecule has 0 aliphatic carbocycles. The molecule has 1 heterocycles. The molecule has 2 rings (SSSR count). The van der Waals surface area contributed by atoms with Crippen LogP contribution in [0.5, 0.6) is 0 Å². The van der Waals surface area contributed by atoms with Crippen molar-refractivity contribution < 1.29 is 14.6 Å². The molecule has 4 nitrogen and oxygen atoms in total. The van der Waals surface area contributed by atoms with Crippen LogP contribution in [0, 0.1) is 11.8 Å². The zero-order valence-corrected chi connectivity index (χ0v) is 17.1. The van der Waals surface area contributed by atoms with E-state index in [0.29, 0.717) is 23.7 Å². The van der Waals surface area contributed by atoms with Crippen LogP contribution in [0.25, 0.3) is 0 Å². The van der Waals surface area contributed by atoms with E-state index in [2.05, 4.69) is 15.9 Å². The van der Waals surface area contributed by atoms with Crippen molar-refractivity contribution in [3.8, 4) is 0 Å². The van der Waals surface area contributed by atoms with Crippen molar-refractivity contribution in [2.45, 2.75) is 45.8 Å². The minimum absolute atomic E-state index is 0.174. The number of ether oxygens (including phenoxy) is 1. The molecule has 1 aromatic carbocycles. The van der Waals surface area contributed by atoms with Gasteiger partial charge in [-0.05, 0) is 32.9 Å². The number of amides is 1. The average molecular weight is 419 g/mol. The summed E-state index contributed by atoms with van der Waals surface area (Å²) in [7, 11) is 0. The molecule has 0 saturated carbocycles. The first-order valence-electron chi connectivity index (χ1n) is 8.11. The van der Waals surface area contributed by atoms with E-state index in [4.69, 9.17) is 16.3 Å². The van der Waals surface area contributed by atoms with Gasteiger partial charge in [-0.25, -0.2) is 4.79 Å². The fraction of sp³-hybridized carbons (Fsp3) is 0.611. The molecule has 0 spiro atoms. The summed E-state index contributed by atoms with van der Waals surface area (Å²) in [6.07, 6.45) is -0.342. The van der Waals surface area contributed by atoms with Crippen LogP contribution in [-0.2, 0) is 10.3 Å². The van der Waals surface area contributed by atoms with Gasteiger partial charge in [-0.2, -0.15) is 0 Å². The zero-order chi connectivity index (χ0) is 18.3. The van der Waals surface area contributed by atoms with Crippen LogP contribution in [0.3, 0.4) is 0 Å². The van der Waals surface area contributed by atoms with Gasteiger partial charge in [0.1, 0.15) is 5.60 Å². The Kier molecular flexibility index (Phi) is 5.58. The van der Waals surface area contributed by atoms with Crippen molar-refractivity contribution in [1.29, 1.82) is 0 Å². The van der Waals surface area contributed by atoms with Gasteiger partial charge in [-0.3, -0.25) is 0 Å². The van der Waals surface area contributed by atoms with Crippen molar-refractivity contribution in [3.63, 3.8) is 0 Å². The fourth-order valence-electron chi connectivity index (χ4n) is 3.32. The van der Waals surface area contributed by atoms with Gasteiger partial charge in [-0.15, -0.1) is 0 Å². The lowest BCUT2D eigenvalue weighted by atomic mass is 9.71. The molecule has 0 aromatic heterocycles. The van der Waals surface area contributed by atoms with E-state index in [-0.39, 0.29) is 17.9 Å². The minimum Gasteiger partial charge on any atom is -0.444 e. The molecule has 24 heavy (non-hydrogen) atoms. The first-order chi connectivity index (χ1) is 10.9. The van der Waals surface area contributed by atoms with Crippen LogP contribution in [0.2, 0.25) is 5.02 Å². The Morgan fingerprint density at radius 3 is 2.33 bits per heavy atom. The molecular formula is C18H25BrClNO3. The maximum atomic E-state index is 12.4. The molecule has 1 aliphatic heterocycles. The molecule has 1 aromatic rings. The number of carbonyl (C=O) groups is 1. The SMILES string of the molecule is C[C@@H]1CN(C(=O)OC(C)(C)C)C[C@H](C)C1(O)c1ccc(Br)cc1Cl. The highest BCUT2D eigenvalue weighted by molar-refractivity contribution is 9.10. The van der Waals surface area contributed by atoms with Gasteiger partial charge >= 0.3 is 6.09 Å². The number of carbonyl (C=O) groups excluding carboxylic acids is 1. The second-order valence-electron chi connectivity index (χ2n) is 7.64. The Bertz CT molecular complexity index is 617. The van der Waals surface area contributed by atoms with E-state index >= 15 is 0 Å². The standard InChI is InChI=1S/C18H25BrClNO3/c1-11-9-21(16(22)24-17(3,4)5)10-12(2)18(11,23)14-7-6-13(19)8-15(14)20/h6-8,11-12,23H,9-10H2,1-5H3/t11-,12+,18?. The predicted octanol–water partition coefficient (Wildman–Crippen LogP) is 4.81. The highest BCUT2D eigenvalue weighted by Gasteiger charge is 2.48. The number of benzene rings is 1. The molecule has 6 heteroatoms. The van der Waals surface area contributed by atoms with Gasteiger partial charge in [0.05, 0.1) is 5.60 Å². The van der Waals surface area contributed by atoms with E-state index in [1.165, 1.54) is 0 Å². The molecule has 1 aliphatic rings. The number of halogens is 2. The Morgan fingerprint density at radius 2 is 1.88 bits per heavy atom. The predicted molar refractivity (Wildman–Crippen MR) is 99.2 cm³/mol. The summed E-state index contributed by atoms with van der Waals surface area (Å²) >= 11 is 9.76. The number of aliphatic hydroxyl groups is 1. The second kappa shape index (κ2) is 6.85. The van der Waals surface area contributed by atoms with Crippen LogP contribution >= 0.6 is 27.5 Å². The first-order valence-corrected chi connectivity index (χ1v) is 9.28. The summed E-state index contributed by atoms with van der Waals surface area (Å²) in [5.74, 6) is -0.347. The Balaban J connectivity index is 2.26. The molecule has 1 saturated heterocycles. The lowest BCUT2D eigenvalue weighted by Crippen LogP contribution is -2.56. The number of rotatable bonds is 1. The topological polar surface area (TPSA) is 49.8 Å². The largest absolute Gasteiger partial charge is 0.444 e. The van der Waals surface area contributed by atoms with E-state index in [0.717, 1.165) is 4.47 Å². The summed E-state index contributed by atoms with van der Waals surface area (Å²) in [5, 5.41) is 11.9. The summed E-state index contributed by atoms with van der Waals surface area (Å²) in [4.78, 5) is 14.0. The molecule has 0 bridgehead atoms. The van der Waals surface area contributed by atoms with Gasteiger partial charge in [0, 0.05) is 40.0 Å². The Hall–Kier alpha value is -0.780. The molecule has 0 radical (unpaired) electrons. The molecule has 1 fully saturated rings. The average Bonchev–Trinajstić information content (AvgIpc) is 2.42. The Labute approximate surface area is 157 Å². The molecule has 3 atom stereocenters. The number of hydrogen-bond acceptors (Lipinski definition) is 3. The van der Waals surface area contributed by atoms with E-state index in [9.17, 15) is 9.90 Å². The van der Waals surface area contributed by atoms with Crippen molar-refractivity contribution in [2.24, 2.45) is 11.8 Å². The van der Waals surface area contributed by atoms with Gasteiger partial charge in [0.25, 0.3) is 0 Å². The van der Waals surface area contributed by atoms with Gasteiger partial charge in [0.15, 0.2) is 0 Å². The lowest BCUT2D eigenvalue weighted by molar-refractivity contribution is -0.111. The lowest BCUT2D eigenvalue weighted by Gasteiger charge is -2.48. The van der Waals surface area contributed by atoms with Crippen molar-refractivity contribution in [2.75, 3.05) is 13.1 Å². The number of piperidine rings is 1. The monoisotopic (exact) mass is 417 g/mol. The summed E-state index contributed by atoms with van der Waals surface area (Å²) in [6, 6.07) is 5.51. The number of nitrogens with zero attached hydrogens (tertiary/aromatic N) is 1. The number of likely N-dealkylation sites (tertiary alicyclic amines) is 1. The van der Waals surface area contributed by atoms with Crippen molar-refractivity contribution in [3.05, 3.63) is 33.3 Å². The quantitative estimate of drug-likeness (QED) is 0.712. The summed E-state index contributed by atoms with van der Waals surface area (Å²) in [6.45, 7) is 10.3. The maximum absolute atomic E-state index is 12.4. The van der Waals surface area contributed by atoms with Crippen LogP contribution in [0.1, 0.15) is 40.2 Å². The Morgan fingerprint density at radius 1 is 1.33 bits per heavy atom. The zero-order valence-electron chi connectivity index (χ0n) is 14.8. The normalized spacial score (nSPS) is 27.9. The van der Waals surface area contributed by atoms with E-state index < -0.39 is 11.2 Å². The van der Waals surface area contributed by atoms with Gasteiger partial charge in [0.2, 0.25) is 0 Å². The smallest absolute Gasteiger partial charge is 0.410 e. The highest BCUT2D eigenvalue weighted by Crippen LogP contribution is 2.44. The van der Waals surface area contributed by atoms with Crippen LogP contribution in [0.4, 0.5) is 4.79 Å². The van der Waals surface area contributed by atoms with Gasteiger partial charge < -0.3 is 14.7 Å². The first kappa shape index (κ1) is 19.5. The molecule has 1 unspecified atom stereocenters. The van der Waals surface area contributed by atoms with Crippen LogP contribution in [0.15, 0.2) is 22.7 Å². The molecular weight excluding hydrogens is 394 g/mol. The van der Waals surface area contributed by atoms with Crippen LogP contribution in [-0.4, -0.2) is 34.8 Å². The highest BCUT2D eigenvalue weighted by atomic mass is 79.9. The second-order valence-corrected chi connectivity index (χ2v) is 8.96. The van der Waals surface area contributed by atoms with E-state index in [1.54, 1.807) is 11.0 Å². The maximum Gasteiger partial charge on any atom is 0.410 e. The van der Waals surface area contributed by atoms with Crippen LogP contribution < -0.4 is 0 Å². The molecule has 1 N–H and O–H groups in total. The van der Waals surface area contributed by atoms with E-state index in [1.807, 2.05) is 46.8 Å². The summed E-state index contributed by atoms with van der Waals surface area (Å²) in [5.41, 5.74) is -0.918. The molecule has 1 amide bonds. The van der Waals surface area contributed by atoms with Crippen molar-refractivity contribution >= 4 is 33.6 Å². The summed E-state index contributed by atoms with van der Waals surface area (Å²) < 4.78 is 6.33. The fourth-order valence-corrected chi connectivity index (χ4v) is 4.15. The van der Waals surface area contributed by atoms with Gasteiger partial charge in [-0.1, -0.05) is 47.4 Å². The minimum atomic E-state index is -1.09. The molecule has 134 valence electrons. The third-order valence-electron chi connectivity index (χ3n) is 4.51. The third-order valence-corrected chi connectivity index (χ3v) is 5.31. The number of hydrogen-bond donors (Lipinski definition) is 1. The third kappa shape index (κ3) is 3.89. The van der Waals surface area contributed by atoms with Crippen molar-refractivity contribution in [1.82, 2.24) is 4.90 Å².